The van der Waals surface area contributed by atoms with Crippen LogP contribution in [0.3, 0.4) is 0 Å². The number of pyridine rings is 1. The number of nitrogens with zero attached hydrogens (tertiary/aromatic N) is 1. The molecule has 1 heterocycles. The lowest BCUT2D eigenvalue weighted by molar-refractivity contribution is 0.490. The number of anilines is 1. The zero-order valence-electron chi connectivity index (χ0n) is 10.6. The predicted molar refractivity (Wildman–Crippen MR) is 77.4 cm³/mol. The third-order valence-corrected chi connectivity index (χ3v) is 2.99. The van der Waals surface area contributed by atoms with E-state index in [0.29, 0.717) is 11.4 Å². The summed E-state index contributed by atoms with van der Waals surface area (Å²) in [6.07, 6.45) is 1.77. The molecule has 19 heavy (non-hydrogen) atoms. The monoisotopic (exact) mass is 250 g/mol. The smallest absolute Gasteiger partial charge is 0.150 e. The number of rotatable bonds is 2. The Labute approximate surface area is 111 Å². The first-order valence-corrected chi connectivity index (χ1v) is 6.12. The first-order chi connectivity index (χ1) is 9.24. The highest BCUT2D eigenvalue weighted by Gasteiger charge is 2.06. The second-order valence-electron chi connectivity index (χ2n) is 4.47. The number of nitrogens with two attached hydrogens (primary N) is 1. The molecule has 0 radical (unpaired) electrons. The SMILES string of the molecule is Cc1ccc(Oc2cccc3ncccc23)c(N)c1. The van der Waals surface area contributed by atoms with Gasteiger partial charge in [-0.3, -0.25) is 4.98 Å². The molecule has 94 valence electrons. The Kier molecular flexibility index (Phi) is 2.80. The van der Waals surface area contributed by atoms with Crippen molar-refractivity contribution in [3.63, 3.8) is 0 Å². The van der Waals surface area contributed by atoms with Crippen molar-refractivity contribution in [2.75, 3.05) is 5.73 Å². The topological polar surface area (TPSA) is 48.1 Å². The number of benzene rings is 2. The summed E-state index contributed by atoms with van der Waals surface area (Å²) in [5.41, 5.74) is 8.64. The fourth-order valence-corrected chi connectivity index (χ4v) is 2.04. The van der Waals surface area contributed by atoms with Gasteiger partial charge in [-0.25, -0.2) is 0 Å². The van der Waals surface area contributed by atoms with Crippen LogP contribution in [0, 0.1) is 6.92 Å². The molecule has 0 atom stereocenters. The molecular weight excluding hydrogens is 236 g/mol. The Balaban J connectivity index is 2.06. The van der Waals surface area contributed by atoms with Crippen molar-refractivity contribution < 1.29 is 4.74 Å². The van der Waals surface area contributed by atoms with Gasteiger partial charge in [-0.05, 0) is 48.9 Å². The Morgan fingerprint density at radius 1 is 1.00 bits per heavy atom. The number of ether oxygens (including phenoxy) is 1. The van der Waals surface area contributed by atoms with Crippen LogP contribution in [0.5, 0.6) is 11.5 Å². The van der Waals surface area contributed by atoms with Crippen molar-refractivity contribution in [1.82, 2.24) is 4.98 Å². The number of aryl methyl sites for hydroxylation is 1. The fraction of sp³-hybridized carbons (Fsp3) is 0.0625. The normalized spacial score (nSPS) is 10.6. The average Bonchev–Trinajstić information content (AvgIpc) is 2.42. The summed E-state index contributed by atoms with van der Waals surface area (Å²) in [6, 6.07) is 15.5. The van der Waals surface area contributed by atoms with E-state index in [4.69, 9.17) is 10.5 Å². The van der Waals surface area contributed by atoms with Crippen LogP contribution in [0.2, 0.25) is 0 Å². The van der Waals surface area contributed by atoms with Crippen molar-refractivity contribution >= 4 is 16.6 Å². The molecule has 0 saturated heterocycles. The zero-order chi connectivity index (χ0) is 13.2. The molecule has 0 spiro atoms. The largest absolute Gasteiger partial charge is 0.454 e. The van der Waals surface area contributed by atoms with Gasteiger partial charge in [0.25, 0.3) is 0 Å². The molecule has 0 aliphatic carbocycles. The highest BCUT2D eigenvalue weighted by Crippen LogP contribution is 2.32. The van der Waals surface area contributed by atoms with Crippen molar-refractivity contribution in [2.45, 2.75) is 6.92 Å². The lowest BCUT2D eigenvalue weighted by Crippen LogP contribution is -1.93. The van der Waals surface area contributed by atoms with Gasteiger partial charge in [0.1, 0.15) is 11.5 Å². The molecule has 0 aliphatic rings. The first-order valence-electron chi connectivity index (χ1n) is 6.12. The molecule has 1 aromatic heterocycles. The molecule has 0 fully saturated rings. The van der Waals surface area contributed by atoms with Gasteiger partial charge < -0.3 is 10.5 Å². The molecule has 2 N–H and O–H groups in total. The van der Waals surface area contributed by atoms with E-state index in [9.17, 15) is 0 Å². The Morgan fingerprint density at radius 3 is 2.74 bits per heavy atom. The number of hydrogen-bond donors (Lipinski definition) is 1. The lowest BCUT2D eigenvalue weighted by atomic mass is 10.2. The molecule has 0 aliphatic heterocycles. The highest BCUT2D eigenvalue weighted by atomic mass is 16.5. The van der Waals surface area contributed by atoms with Crippen LogP contribution in [-0.2, 0) is 0 Å². The number of hydrogen-bond acceptors (Lipinski definition) is 3. The Morgan fingerprint density at radius 2 is 1.89 bits per heavy atom. The maximum absolute atomic E-state index is 5.97. The Hall–Kier alpha value is -2.55. The van der Waals surface area contributed by atoms with Gasteiger partial charge in [-0.15, -0.1) is 0 Å². The van der Waals surface area contributed by atoms with Gasteiger partial charge in [0.15, 0.2) is 0 Å². The molecule has 3 rings (SSSR count). The van der Waals surface area contributed by atoms with E-state index >= 15 is 0 Å². The highest BCUT2D eigenvalue weighted by molar-refractivity contribution is 5.85. The van der Waals surface area contributed by atoms with Gasteiger partial charge >= 0.3 is 0 Å². The van der Waals surface area contributed by atoms with E-state index in [1.165, 1.54) is 0 Å². The van der Waals surface area contributed by atoms with E-state index in [1.54, 1.807) is 6.20 Å². The van der Waals surface area contributed by atoms with Crippen LogP contribution in [0.25, 0.3) is 10.9 Å². The van der Waals surface area contributed by atoms with Crippen molar-refractivity contribution in [3.8, 4) is 11.5 Å². The average molecular weight is 250 g/mol. The third-order valence-electron chi connectivity index (χ3n) is 2.99. The van der Waals surface area contributed by atoms with Crippen molar-refractivity contribution in [2.24, 2.45) is 0 Å². The summed E-state index contributed by atoms with van der Waals surface area (Å²) in [7, 11) is 0. The fourth-order valence-electron chi connectivity index (χ4n) is 2.04. The molecule has 3 aromatic rings. The van der Waals surface area contributed by atoms with E-state index in [2.05, 4.69) is 4.98 Å². The summed E-state index contributed by atoms with van der Waals surface area (Å²) in [6.45, 7) is 2.00. The minimum atomic E-state index is 0.640. The zero-order valence-corrected chi connectivity index (χ0v) is 10.6. The predicted octanol–water partition coefficient (Wildman–Crippen LogP) is 3.92. The van der Waals surface area contributed by atoms with E-state index in [-0.39, 0.29) is 0 Å². The standard InChI is InChI=1S/C16H14N2O/c1-11-7-8-16(13(17)10-11)19-15-6-2-5-14-12(15)4-3-9-18-14/h2-10H,17H2,1H3. The summed E-state index contributed by atoms with van der Waals surface area (Å²) < 4.78 is 5.91. The number of aromatic nitrogens is 1. The van der Waals surface area contributed by atoms with Gasteiger partial charge in [-0.1, -0.05) is 12.1 Å². The molecule has 2 aromatic carbocycles. The minimum absolute atomic E-state index is 0.640. The second kappa shape index (κ2) is 4.61. The molecule has 0 unspecified atom stereocenters. The summed E-state index contributed by atoms with van der Waals surface area (Å²) in [4.78, 5) is 4.31. The summed E-state index contributed by atoms with van der Waals surface area (Å²) >= 11 is 0. The maximum atomic E-state index is 5.97. The minimum Gasteiger partial charge on any atom is -0.454 e. The van der Waals surface area contributed by atoms with Crippen LogP contribution in [-0.4, -0.2) is 4.98 Å². The Bertz CT molecular complexity index is 732. The van der Waals surface area contributed by atoms with Crippen LogP contribution in [0.15, 0.2) is 54.7 Å². The van der Waals surface area contributed by atoms with Crippen LogP contribution in [0.1, 0.15) is 5.56 Å². The molecule has 0 saturated carbocycles. The van der Waals surface area contributed by atoms with Crippen molar-refractivity contribution in [3.05, 3.63) is 60.3 Å². The van der Waals surface area contributed by atoms with Gasteiger partial charge in [0.05, 0.1) is 11.2 Å². The molecule has 0 amide bonds. The summed E-state index contributed by atoms with van der Waals surface area (Å²) in [5, 5.41) is 0.977. The van der Waals surface area contributed by atoms with Gasteiger partial charge in [0.2, 0.25) is 0 Å². The third kappa shape index (κ3) is 2.22. The molecular formula is C16H14N2O. The molecule has 3 heteroatoms. The second-order valence-corrected chi connectivity index (χ2v) is 4.47. The summed E-state index contributed by atoms with van der Waals surface area (Å²) in [5.74, 6) is 1.43. The molecule has 0 bridgehead atoms. The van der Waals surface area contributed by atoms with Gasteiger partial charge in [0, 0.05) is 11.6 Å². The molecule has 3 nitrogen and oxygen atoms in total. The van der Waals surface area contributed by atoms with E-state index in [0.717, 1.165) is 22.2 Å². The lowest BCUT2D eigenvalue weighted by Gasteiger charge is -2.11. The van der Waals surface area contributed by atoms with Crippen LogP contribution in [0.4, 0.5) is 5.69 Å². The van der Waals surface area contributed by atoms with E-state index < -0.39 is 0 Å². The maximum Gasteiger partial charge on any atom is 0.150 e. The van der Waals surface area contributed by atoms with Gasteiger partial charge in [-0.2, -0.15) is 0 Å². The number of nitrogen functional groups attached to an aromatic ring is 1. The number of fused-ring (bicyclic) bond motifs is 1. The van der Waals surface area contributed by atoms with Crippen LogP contribution < -0.4 is 10.5 Å². The van der Waals surface area contributed by atoms with E-state index in [1.807, 2.05) is 55.5 Å². The van der Waals surface area contributed by atoms with Crippen molar-refractivity contribution in [1.29, 1.82) is 0 Å². The first kappa shape index (κ1) is 11.5. The quantitative estimate of drug-likeness (QED) is 0.701. The van der Waals surface area contributed by atoms with Crippen LogP contribution >= 0.6 is 0 Å².